The third-order valence-electron chi connectivity index (χ3n) is 5.83. The Labute approximate surface area is 174 Å². The number of nitrogens with zero attached hydrogens (tertiary/aromatic N) is 5. The molecule has 1 aromatic carbocycles. The van der Waals surface area contributed by atoms with Gasteiger partial charge in [0.1, 0.15) is 0 Å². The van der Waals surface area contributed by atoms with Gasteiger partial charge in [-0.1, -0.05) is 11.6 Å². The molecule has 0 saturated carbocycles. The lowest BCUT2D eigenvalue weighted by Gasteiger charge is -2.16. The highest BCUT2D eigenvalue weighted by molar-refractivity contribution is 6.04. The maximum atomic E-state index is 13.2. The zero-order valence-corrected chi connectivity index (χ0v) is 17.4. The summed E-state index contributed by atoms with van der Waals surface area (Å²) < 4.78 is 1.80. The molecular formula is C23H24N6O. The van der Waals surface area contributed by atoms with Crippen LogP contribution in [-0.2, 0) is 7.05 Å². The second-order valence-electron chi connectivity index (χ2n) is 8.18. The molecule has 0 radical (unpaired) electrons. The SMILES string of the molecule is Cc1ccc2[nH]nc(C(=O)N3CC[C@@H](c4cc(-c5cnn(C)c5)cc(C)n4)C3)c2c1. The molecule has 1 N–H and O–H groups in total. The number of rotatable bonds is 3. The van der Waals surface area contributed by atoms with Gasteiger partial charge in [-0.05, 0) is 50.1 Å². The van der Waals surface area contributed by atoms with Crippen molar-refractivity contribution in [2.45, 2.75) is 26.2 Å². The second-order valence-corrected chi connectivity index (χ2v) is 8.18. The van der Waals surface area contributed by atoms with E-state index in [0.717, 1.165) is 45.4 Å². The smallest absolute Gasteiger partial charge is 0.275 e. The first-order chi connectivity index (χ1) is 14.5. The number of aryl methyl sites for hydroxylation is 3. The molecule has 152 valence electrons. The minimum atomic E-state index is -0.0190. The summed E-state index contributed by atoms with van der Waals surface area (Å²) in [6, 6.07) is 10.2. The monoisotopic (exact) mass is 400 g/mol. The number of benzene rings is 1. The van der Waals surface area contributed by atoms with Crippen LogP contribution in [0, 0.1) is 13.8 Å². The molecular weight excluding hydrogens is 376 g/mol. The number of aromatic amines is 1. The van der Waals surface area contributed by atoms with Crippen molar-refractivity contribution in [3.8, 4) is 11.1 Å². The zero-order chi connectivity index (χ0) is 20.8. The van der Waals surface area contributed by atoms with Crippen LogP contribution in [0.5, 0.6) is 0 Å². The predicted octanol–water partition coefficient (Wildman–Crippen LogP) is 3.60. The molecule has 7 heteroatoms. The Kier molecular flexibility index (Phi) is 4.38. The Balaban J connectivity index is 1.40. The highest BCUT2D eigenvalue weighted by Crippen LogP contribution is 2.31. The van der Waals surface area contributed by atoms with E-state index in [1.54, 1.807) is 4.68 Å². The number of H-pyrrole nitrogens is 1. The van der Waals surface area contributed by atoms with E-state index < -0.39 is 0 Å². The maximum absolute atomic E-state index is 13.2. The molecule has 0 unspecified atom stereocenters. The van der Waals surface area contributed by atoms with E-state index in [2.05, 4.69) is 27.4 Å². The van der Waals surface area contributed by atoms with Gasteiger partial charge in [0.25, 0.3) is 5.91 Å². The molecule has 3 aromatic heterocycles. The van der Waals surface area contributed by atoms with Gasteiger partial charge in [0, 0.05) is 54.6 Å². The molecule has 1 aliphatic heterocycles. The molecule has 1 amide bonds. The van der Waals surface area contributed by atoms with Crippen LogP contribution in [0.3, 0.4) is 0 Å². The van der Waals surface area contributed by atoms with Crippen LogP contribution in [0.25, 0.3) is 22.0 Å². The molecule has 4 aromatic rings. The Morgan fingerprint density at radius 3 is 2.83 bits per heavy atom. The lowest BCUT2D eigenvalue weighted by molar-refractivity contribution is 0.0786. The van der Waals surface area contributed by atoms with Crippen molar-refractivity contribution in [1.29, 1.82) is 0 Å². The number of pyridine rings is 1. The molecule has 1 atom stereocenters. The van der Waals surface area contributed by atoms with E-state index >= 15 is 0 Å². The summed E-state index contributed by atoms with van der Waals surface area (Å²) >= 11 is 0. The Hall–Kier alpha value is -3.48. The van der Waals surface area contributed by atoms with Crippen LogP contribution in [0.2, 0.25) is 0 Å². The van der Waals surface area contributed by atoms with Crippen molar-refractivity contribution in [3.63, 3.8) is 0 Å². The molecule has 5 rings (SSSR count). The molecule has 1 saturated heterocycles. The molecule has 7 nitrogen and oxygen atoms in total. The summed E-state index contributed by atoms with van der Waals surface area (Å²) in [4.78, 5) is 19.9. The molecule has 1 fully saturated rings. The number of hydrogen-bond acceptors (Lipinski definition) is 4. The van der Waals surface area contributed by atoms with Crippen molar-refractivity contribution in [2.75, 3.05) is 13.1 Å². The number of amides is 1. The van der Waals surface area contributed by atoms with Gasteiger partial charge in [-0.2, -0.15) is 10.2 Å². The fourth-order valence-corrected chi connectivity index (χ4v) is 4.27. The summed E-state index contributed by atoms with van der Waals surface area (Å²) in [6.45, 7) is 5.40. The van der Waals surface area contributed by atoms with E-state index in [4.69, 9.17) is 4.98 Å². The van der Waals surface area contributed by atoms with Crippen molar-refractivity contribution in [3.05, 3.63) is 65.4 Å². The number of carbonyl (C=O) groups excluding carboxylic acids is 1. The molecule has 0 spiro atoms. The van der Waals surface area contributed by atoms with Gasteiger partial charge in [-0.25, -0.2) is 0 Å². The van der Waals surface area contributed by atoms with Crippen LogP contribution in [0.15, 0.2) is 42.7 Å². The highest BCUT2D eigenvalue weighted by Gasteiger charge is 2.31. The summed E-state index contributed by atoms with van der Waals surface area (Å²) in [5.74, 6) is 0.200. The van der Waals surface area contributed by atoms with Gasteiger partial charge in [0.05, 0.1) is 11.7 Å². The number of aromatic nitrogens is 5. The first-order valence-corrected chi connectivity index (χ1v) is 10.2. The number of nitrogens with one attached hydrogen (secondary N) is 1. The van der Waals surface area contributed by atoms with E-state index in [1.165, 1.54) is 0 Å². The summed E-state index contributed by atoms with van der Waals surface area (Å²) in [7, 11) is 1.92. The molecule has 30 heavy (non-hydrogen) atoms. The van der Waals surface area contributed by atoms with Crippen LogP contribution in [0.4, 0.5) is 0 Å². The molecule has 4 heterocycles. The van der Waals surface area contributed by atoms with Gasteiger partial charge in [0.2, 0.25) is 0 Å². The normalized spacial score (nSPS) is 16.5. The number of likely N-dealkylation sites (tertiary alicyclic amines) is 1. The summed E-state index contributed by atoms with van der Waals surface area (Å²) in [5, 5.41) is 12.5. The highest BCUT2D eigenvalue weighted by atomic mass is 16.2. The maximum Gasteiger partial charge on any atom is 0.275 e. The van der Waals surface area contributed by atoms with Crippen LogP contribution < -0.4 is 0 Å². The average Bonchev–Trinajstić information content (AvgIpc) is 3.46. The van der Waals surface area contributed by atoms with Gasteiger partial charge in [-0.3, -0.25) is 19.6 Å². The minimum absolute atomic E-state index is 0.0190. The fourth-order valence-electron chi connectivity index (χ4n) is 4.27. The lowest BCUT2D eigenvalue weighted by atomic mass is 10.00. The van der Waals surface area contributed by atoms with Crippen molar-refractivity contribution >= 4 is 16.8 Å². The zero-order valence-electron chi connectivity index (χ0n) is 17.4. The first kappa shape index (κ1) is 18.5. The topological polar surface area (TPSA) is 79.7 Å². The number of carbonyl (C=O) groups is 1. The van der Waals surface area contributed by atoms with E-state index in [-0.39, 0.29) is 11.8 Å². The van der Waals surface area contributed by atoms with Crippen LogP contribution >= 0.6 is 0 Å². The molecule has 0 aliphatic carbocycles. The number of fused-ring (bicyclic) bond motifs is 1. The molecule has 0 bridgehead atoms. The van der Waals surface area contributed by atoms with Crippen LogP contribution in [0.1, 0.15) is 39.8 Å². The standard InChI is InChI=1S/C23H24N6O/c1-14-4-5-20-19(8-14)22(27-26-20)23(30)29-7-6-16(13-29)21-10-17(9-15(2)25-21)18-11-24-28(3)12-18/h4-5,8-12,16H,6-7,13H2,1-3H3,(H,26,27)/t16-/m1/s1. The molecule has 1 aliphatic rings. The van der Waals surface area contributed by atoms with Crippen molar-refractivity contribution < 1.29 is 4.79 Å². The third-order valence-corrected chi connectivity index (χ3v) is 5.83. The van der Waals surface area contributed by atoms with Gasteiger partial charge in [-0.15, -0.1) is 0 Å². The van der Waals surface area contributed by atoms with Gasteiger partial charge >= 0.3 is 0 Å². The minimum Gasteiger partial charge on any atom is -0.337 e. The van der Waals surface area contributed by atoms with E-state index in [9.17, 15) is 4.79 Å². The lowest BCUT2D eigenvalue weighted by Crippen LogP contribution is -2.29. The summed E-state index contributed by atoms with van der Waals surface area (Å²) in [5.41, 5.74) is 6.71. The van der Waals surface area contributed by atoms with Crippen molar-refractivity contribution in [2.24, 2.45) is 7.05 Å². The second kappa shape index (κ2) is 7.09. The largest absolute Gasteiger partial charge is 0.337 e. The Morgan fingerprint density at radius 2 is 2.03 bits per heavy atom. The summed E-state index contributed by atoms with van der Waals surface area (Å²) in [6.07, 6.45) is 4.78. The van der Waals surface area contributed by atoms with E-state index in [0.29, 0.717) is 18.8 Å². The van der Waals surface area contributed by atoms with Gasteiger partial charge < -0.3 is 4.90 Å². The Bertz CT molecular complexity index is 1250. The fraction of sp³-hybridized carbons (Fsp3) is 0.304. The van der Waals surface area contributed by atoms with Crippen LogP contribution in [-0.4, -0.2) is 48.9 Å². The Morgan fingerprint density at radius 1 is 1.17 bits per heavy atom. The predicted molar refractivity (Wildman–Crippen MR) is 115 cm³/mol. The quantitative estimate of drug-likeness (QED) is 0.570. The first-order valence-electron chi connectivity index (χ1n) is 10.2. The van der Waals surface area contributed by atoms with Crippen molar-refractivity contribution in [1.82, 2.24) is 29.9 Å². The average molecular weight is 400 g/mol. The number of hydrogen-bond donors (Lipinski definition) is 1. The van der Waals surface area contributed by atoms with Gasteiger partial charge in [0.15, 0.2) is 5.69 Å². The third kappa shape index (κ3) is 3.26. The van der Waals surface area contributed by atoms with E-state index in [1.807, 2.05) is 56.4 Å².